The largest absolute Gasteiger partial charge is 0.495 e. The highest BCUT2D eigenvalue weighted by atomic mass is 79.9. The average molecular weight is 284 g/mol. The Labute approximate surface area is 106 Å². The molecule has 1 aliphatic carbocycles. The molecule has 3 heteroatoms. The van der Waals surface area contributed by atoms with Crippen LogP contribution in [-0.2, 0) is 0 Å². The van der Waals surface area contributed by atoms with Crippen LogP contribution in [0.5, 0.6) is 5.75 Å². The highest BCUT2D eigenvalue weighted by molar-refractivity contribution is 9.10. The van der Waals surface area contributed by atoms with Gasteiger partial charge in [0.15, 0.2) is 0 Å². The summed E-state index contributed by atoms with van der Waals surface area (Å²) in [7, 11) is 1.71. The van der Waals surface area contributed by atoms with Crippen molar-refractivity contribution in [2.24, 2.45) is 5.92 Å². The van der Waals surface area contributed by atoms with Crippen LogP contribution in [0.15, 0.2) is 22.7 Å². The van der Waals surface area contributed by atoms with Gasteiger partial charge in [0.2, 0.25) is 0 Å². The monoisotopic (exact) mass is 283 g/mol. The minimum atomic E-state index is 0.586. The van der Waals surface area contributed by atoms with E-state index in [1.165, 1.54) is 19.3 Å². The molecule has 2 nitrogen and oxygen atoms in total. The lowest BCUT2D eigenvalue weighted by atomic mass is 10.1. The van der Waals surface area contributed by atoms with E-state index in [2.05, 4.69) is 34.2 Å². The summed E-state index contributed by atoms with van der Waals surface area (Å²) in [5.74, 6) is 1.77. The molecule has 1 fully saturated rings. The van der Waals surface area contributed by atoms with E-state index in [9.17, 15) is 0 Å². The van der Waals surface area contributed by atoms with Crippen LogP contribution in [0.25, 0.3) is 0 Å². The van der Waals surface area contributed by atoms with Crippen molar-refractivity contribution in [1.29, 1.82) is 0 Å². The normalized spacial score (nSPS) is 16.9. The Kier molecular flexibility index (Phi) is 3.74. The van der Waals surface area contributed by atoms with Gasteiger partial charge in [-0.3, -0.25) is 0 Å². The lowest BCUT2D eigenvalue weighted by Gasteiger charge is -2.19. The van der Waals surface area contributed by atoms with Gasteiger partial charge >= 0.3 is 0 Å². The smallest absolute Gasteiger partial charge is 0.142 e. The van der Waals surface area contributed by atoms with E-state index >= 15 is 0 Å². The molecule has 1 N–H and O–H groups in total. The molecule has 0 amide bonds. The van der Waals surface area contributed by atoms with Gasteiger partial charge in [-0.05, 0) is 43.4 Å². The first-order valence-corrected chi connectivity index (χ1v) is 6.64. The standard InChI is InChI=1S/C13H18BrNO/c1-3-11(9-4-5-9)15-12-8-10(14)6-7-13(12)16-2/h6-9,11,15H,3-5H2,1-2H3. The summed E-state index contributed by atoms with van der Waals surface area (Å²) < 4.78 is 6.45. The lowest BCUT2D eigenvalue weighted by molar-refractivity contribution is 0.415. The second kappa shape index (κ2) is 5.09. The molecule has 0 heterocycles. The molecule has 1 aliphatic rings. The molecule has 0 bridgehead atoms. The summed E-state index contributed by atoms with van der Waals surface area (Å²) in [6, 6.07) is 6.67. The van der Waals surface area contributed by atoms with Gasteiger partial charge in [-0.25, -0.2) is 0 Å². The van der Waals surface area contributed by atoms with Crippen molar-refractivity contribution >= 4 is 21.6 Å². The van der Waals surface area contributed by atoms with Gasteiger partial charge in [0, 0.05) is 10.5 Å². The molecule has 0 aliphatic heterocycles. The number of nitrogens with one attached hydrogen (secondary N) is 1. The highest BCUT2D eigenvalue weighted by Gasteiger charge is 2.30. The average Bonchev–Trinajstić information content (AvgIpc) is 3.10. The third-order valence-corrected chi connectivity index (χ3v) is 3.63. The zero-order valence-electron chi connectivity index (χ0n) is 9.79. The number of halogens is 1. The molecule has 1 aromatic carbocycles. The van der Waals surface area contributed by atoms with Gasteiger partial charge in [0.05, 0.1) is 12.8 Å². The quantitative estimate of drug-likeness (QED) is 0.880. The fourth-order valence-corrected chi connectivity index (χ4v) is 2.41. The van der Waals surface area contributed by atoms with E-state index in [4.69, 9.17) is 4.74 Å². The molecule has 2 rings (SSSR count). The summed E-state index contributed by atoms with van der Waals surface area (Å²) in [6.07, 6.45) is 3.89. The number of rotatable bonds is 5. The first-order valence-electron chi connectivity index (χ1n) is 5.84. The Bertz CT molecular complexity index is 363. The lowest BCUT2D eigenvalue weighted by Crippen LogP contribution is -2.21. The van der Waals surface area contributed by atoms with E-state index < -0.39 is 0 Å². The van der Waals surface area contributed by atoms with E-state index in [1.54, 1.807) is 7.11 Å². The van der Waals surface area contributed by atoms with Crippen molar-refractivity contribution in [3.63, 3.8) is 0 Å². The summed E-state index contributed by atoms with van der Waals surface area (Å²) in [4.78, 5) is 0. The Balaban J connectivity index is 2.14. The number of anilines is 1. The summed E-state index contributed by atoms with van der Waals surface area (Å²) in [5, 5.41) is 3.60. The van der Waals surface area contributed by atoms with Crippen LogP contribution in [0, 0.1) is 5.92 Å². The minimum Gasteiger partial charge on any atom is -0.495 e. The van der Waals surface area contributed by atoms with Crippen molar-refractivity contribution in [1.82, 2.24) is 0 Å². The van der Waals surface area contributed by atoms with Crippen LogP contribution in [0.2, 0.25) is 0 Å². The Morgan fingerprint density at radius 1 is 1.50 bits per heavy atom. The maximum Gasteiger partial charge on any atom is 0.142 e. The van der Waals surface area contributed by atoms with Crippen LogP contribution >= 0.6 is 15.9 Å². The van der Waals surface area contributed by atoms with Crippen LogP contribution in [0.4, 0.5) is 5.69 Å². The summed E-state index contributed by atoms with van der Waals surface area (Å²) >= 11 is 3.49. The van der Waals surface area contributed by atoms with Crippen molar-refractivity contribution in [3.8, 4) is 5.75 Å². The molecule has 0 saturated heterocycles. The van der Waals surface area contributed by atoms with E-state index in [0.717, 1.165) is 21.8 Å². The van der Waals surface area contributed by atoms with Gasteiger partial charge in [-0.2, -0.15) is 0 Å². The molecule has 1 aromatic rings. The van der Waals surface area contributed by atoms with Crippen LogP contribution in [-0.4, -0.2) is 13.2 Å². The molecule has 0 radical (unpaired) electrons. The molecule has 1 unspecified atom stereocenters. The Morgan fingerprint density at radius 3 is 2.81 bits per heavy atom. The van der Waals surface area contributed by atoms with Crippen LogP contribution < -0.4 is 10.1 Å². The zero-order chi connectivity index (χ0) is 11.5. The van der Waals surface area contributed by atoms with Crippen molar-refractivity contribution in [2.45, 2.75) is 32.2 Å². The topological polar surface area (TPSA) is 21.3 Å². The molecule has 0 aromatic heterocycles. The fraction of sp³-hybridized carbons (Fsp3) is 0.538. The Hall–Kier alpha value is -0.700. The van der Waals surface area contributed by atoms with Gasteiger partial charge < -0.3 is 10.1 Å². The molecule has 88 valence electrons. The predicted octanol–water partition coefficient (Wildman–Crippen LogP) is 4.06. The molecular formula is C13H18BrNO. The van der Waals surface area contributed by atoms with Crippen molar-refractivity contribution in [2.75, 3.05) is 12.4 Å². The summed E-state index contributed by atoms with van der Waals surface area (Å²) in [5.41, 5.74) is 1.09. The van der Waals surface area contributed by atoms with Gasteiger partial charge in [-0.15, -0.1) is 0 Å². The maximum atomic E-state index is 5.36. The van der Waals surface area contributed by atoms with Gasteiger partial charge in [0.25, 0.3) is 0 Å². The predicted molar refractivity (Wildman–Crippen MR) is 71.1 cm³/mol. The van der Waals surface area contributed by atoms with Crippen LogP contribution in [0.3, 0.4) is 0 Å². The van der Waals surface area contributed by atoms with E-state index in [-0.39, 0.29) is 0 Å². The number of methoxy groups -OCH3 is 1. The molecule has 16 heavy (non-hydrogen) atoms. The highest BCUT2D eigenvalue weighted by Crippen LogP contribution is 2.37. The SMILES string of the molecule is CCC(Nc1cc(Br)ccc1OC)C1CC1. The van der Waals surface area contributed by atoms with Crippen molar-refractivity contribution in [3.05, 3.63) is 22.7 Å². The number of ether oxygens (including phenoxy) is 1. The van der Waals surface area contributed by atoms with Crippen molar-refractivity contribution < 1.29 is 4.74 Å². The maximum absolute atomic E-state index is 5.36. The van der Waals surface area contributed by atoms with Gasteiger partial charge in [-0.1, -0.05) is 22.9 Å². The molecule has 1 saturated carbocycles. The third kappa shape index (κ3) is 2.70. The number of benzene rings is 1. The Morgan fingerprint density at radius 2 is 2.25 bits per heavy atom. The molecular weight excluding hydrogens is 266 g/mol. The first kappa shape index (κ1) is 11.8. The minimum absolute atomic E-state index is 0.586. The molecule has 1 atom stereocenters. The second-order valence-electron chi connectivity index (χ2n) is 4.34. The third-order valence-electron chi connectivity index (χ3n) is 3.13. The van der Waals surface area contributed by atoms with E-state index in [1.807, 2.05) is 12.1 Å². The number of hydrogen-bond acceptors (Lipinski definition) is 2. The van der Waals surface area contributed by atoms with Gasteiger partial charge in [0.1, 0.15) is 5.75 Å². The van der Waals surface area contributed by atoms with Crippen LogP contribution in [0.1, 0.15) is 26.2 Å². The first-order chi connectivity index (χ1) is 7.74. The summed E-state index contributed by atoms with van der Waals surface area (Å²) in [6.45, 7) is 2.24. The zero-order valence-corrected chi connectivity index (χ0v) is 11.4. The fourth-order valence-electron chi connectivity index (χ4n) is 2.04. The van der Waals surface area contributed by atoms with E-state index in [0.29, 0.717) is 6.04 Å². The second-order valence-corrected chi connectivity index (χ2v) is 5.26. The molecule has 0 spiro atoms. The number of hydrogen-bond donors (Lipinski definition) is 1.